The predicted octanol–water partition coefficient (Wildman–Crippen LogP) is 3.77. The maximum atomic E-state index is 13.9. The summed E-state index contributed by atoms with van der Waals surface area (Å²) >= 11 is 7.18. The molecule has 3 aromatic rings. The first kappa shape index (κ1) is 19.5. The van der Waals surface area contributed by atoms with E-state index in [-0.39, 0.29) is 5.69 Å². The van der Waals surface area contributed by atoms with E-state index in [4.69, 9.17) is 11.6 Å². The maximum absolute atomic E-state index is 13.9. The summed E-state index contributed by atoms with van der Waals surface area (Å²) in [6.07, 6.45) is 2.79. The Morgan fingerprint density at radius 2 is 1.96 bits per heavy atom. The van der Waals surface area contributed by atoms with Crippen molar-refractivity contribution >= 4 is 57.5 Å². The lowest BCUT2D eigenvalue weighted by Gasteiger charge is -2.10. The van der Waals surface area contributed by atoms with E-state index in [1.165, 1.54) is 29.8 Å². The van der Waals surface area contributed by atoms with Gasteiger partial charge in [0.2, 0.25) is 0 Å². The van der Waals surface area contributed by atoms with Gasteiger partial charge in [0.25, 0.3) is 0 Å². The van der Waals surface area contributed by atoms with Gasteiger partial charge in [-0.15, -0.1) is 11.3 Å². The molecule has 0 atom stereocenters. The summed E-state index contributed by atoms with van der Waals surface area (Å²) in [5, 5.41) is 11.4. The van der Waals surface area contributed by atoms with E-state index in [0.29, 0.717) is 21.4 Å². The number of rotatable bonds is 5. The van der Waals surface area contributed by atoms with Gasteiger partial charge in [0.15, 0.2) is 5.13 Å². The van der Waals surface area contributed by atoms with Gasteiger partial charge in [-0.1, -0.05) is 23.7 Å². The van der Waals surface area contributed by atoms with Gasteiger partial charge in [-0.2, -0.15) is 5.10 Å². The number of anilines is 3. The Kier molecular flexibility index (Phi) is 6.30. The summed E-state index contributed by atoms with van der Waals surface area (Å²) in [6, 6.07) is 11.0. The number of amides is 2. The lowest BCUT2D eigenvalue weighted by molar-refractivity contribution is -0.136. The summed E-state index contributed by atoms with van der Waals surface area (Å²) < 4.78 is 13.9. The molecule has 0 aliphatic rings. The summed E-state index contributed by atoms with van der Waals surface area (Å²) in [4.78, 5) is 27.4. The molecule has 7 nitrogen and oxygen atoms in total. The first-order valence-electron chi connectivity index (χ1n) is 7.88. The number of para-hydroxylation sites is 1. The highest BCUT2D eigenvalue weighted by molar-refractivity contribution is 7.13. The Labute approximate surface area is 168 Å². The van der Waals surface area contributed by atoms with E-state index in [1.54, 1.807) is 41.8 Å². The van der Waals surface area contributed by atoms with Crippen LogP contribution in [-0.2, 0) is 9.59 Å². The lowest BCUT2D eigenvalue weighted by atomic mass is 10.2. The lowest BCUT2D eigenvalue weighted by Crippen LogP contribution is -2.32. The van der Waals surface area contributed by atoms with Crippen LogP contribution in [0.5, 0.6) is 0 Å². The van der Waals surface area contributed by atoms with Crippen molar-refractivity contribution in [3.63, 3.8) is 0 Å². The quantitative estimate of drug-likeness (QED) is 0.334. The fourth-order valence-corrected chi connectivity index (χ4v) is 2.82. The van der Waals surface area contributed by atoms with Gasteiger partial charge in [0, 0.05) is 27.9 Å². The molecule has 0 unspecified atom stereocenters. The van der Waals surface area contributed by atoms with Crippen LogP contribution in [0.3, 0.4) is 0 Å². The molecule has 3 rings (SSSR count). The van der Waals surface area contributed by atoms with Crippen molar-refractivity contribution in [2.24, 2.45) is 5.10 Å². The fourth-order valence-electron chi connectivity index (χ4n) is 2.11. The second kappa shape index (κ2) is 9.07. The monoisotopic (exact) mass is 417 g/mol. The van der Waals surface area contributed by atoms with E-state index in [0.717, 1.165) is 0 Å². The van der Waals surface area contributed by atoms with E-state index in [2.05, 4.69) is 26.1 Å². The summed E-state index contributed by atoms with van der Waals surface area (Å²) in [5.41, 5.74) is 3.38. The number of hydrogen-bond acceptors (Lipinski definition) is 6. The number of nitrogens with one attached hydrogen (secondary N) is 3. The number of hydrogen-bond donors (Lipinski definition) is 3. The highest BCUT2D eigenvalue weighted by Gasteiger charge is 2.14. The molecule has 142 valence electrons. The van der Waals surface area contributed by atoms with Crippen molar-refractivity contribution in [3.05, 3.63) is 70.4 Å². The van der Waals surface area contributed by atoms with E-state index in [9.17, 15) is 14.0 Å². The molecule has 0 aliphatic carbocycles. The predicted molar refractivity (Wildman–Crippen MR) is 108 cm³/mol. The molecule has 0 saturated carbocycles. The van der Waals surface area contributed by atoms with Gasteiger partial charge in [-0.05, 0) is 30.3 Å². The fraction of sp³-hybridized carbons (Fsp3) is 0. The average Bonchev–Trinajstić information content (AvgIpc) is 3.18. The average molecular weight is 418 g/mol. The Morgan fingerprint density at radius 1 is 1.14 bits per heavy atom. The van der Waals surface area contributed by atoms with E-state index >= 15 is 0 Å². The molecule has 0 spiro atoms. The first-order valence-corrected chi connectivity index (χ1v) is 9.13. The van der Waals surface area contributed by atoms with Gasteiger partial charge >= 0.3 is 11.8 Å². The molecule has 0 radical (unpaired) electrons. The first-order chi connectivity index (χ1) is 13.5. The molecular weight excluding hydrogens is 405 g/mol. The Morgan fingerprint density at radius 3 is 2.71 bits per heavy atom. The molecule has 3 N–H and O–H groups in total. The number of carbonyl (C=O) groups excluding carboxylic acids is 2. The molecule has 0 bridgehead atoms. The van der Waals surface area contributed by atoms with Crippen LogP contribution in [0.15, 0.2) is 59.1 Å². The Hall–Kier alpha value is -3.30. The van der Waals surface area contributed by atoms with Crippen LogP contribution in [0.2, 0.25) is 5.02 Å². The zero-order chi connectivity index (χ0) is 19.9. The van der Waals surface area contributed by atoms with Crippen LogP contribution in [0.1, 0.15) is 5.56 Å². The van der Waals surface area contributed by atoms with Crippen molar-refractivity contribution < 1.29 is 14.0 Å². The van der Waals surface area contributed by atoms with Crippen LogP contribution in [0, 0.1) is 5.82 Å². The van der Waals surface area contributed by atoms with Crippen molar-refractivity contribution in [2.45, 2.75) is 0 Å². The van der Waals surface area contributed by atoms with Crippen molar-refractivity contribution in [2.75, 3.05) is 10.6 Å². The molecule has 0 saturated heterocycles. The maximum Gasteiger partial charge on any atom is 0.329 e. The molecule has 2 aromatic carbocycles. The third-order valence-electron chi connectivity index (χ3n) is 3.39. The van der Waals surface area contributed by atoms with Crippen LogP contribution in [-0.4, -0.2) is 23.0 Å². The minimum absolute atomic E-state index is 0.270. The number of nitrogens with zero attached hydrogens (tertiary/aromatic N) is 2. The van der Waals surface area contributed by atoms with E-state index in [1.807, 2.05) is 0 Å². The molecule has 2 amide bonds. The molecule has 0 fully saturated rings. The Balaban J connectivity index is 1.69. The highest BCUT2D eigenvalue weighted by atomic mass is 35.5. The summed E-state index contributed by atoms with van der Waals surface area (Å²) in [7, 11) is 0. The van der Waals surface area contributed by atoms with Crippen LogP contribution >= 0.6 is 22.9 Å². The zero-order valence-electron chi connectivity index (χ0n) is 14.1. The smallest absolute Gasteiger partial charge is 0.329 e. The number of carbonyl (C=O) groups is 2. The number of halogens is 2. The molecular formula is C18H13ClFN5O2S. The molecule has 1 heterocycles. The van der Waals surface area contributed by atoms with Gasteiger partial charge in [-0.3, -0.25) is 14.9 Å². The second-order valence-electron chi connectivity index (χ2n) is 5.33. The third-order valence-corrected chi connectivity index (χ3v) is 4.31. The third kappa shape index (κ3) is 5.12. The van der Waals surface area contributed by atoms with Crippen molar-refractivity contribution in [1.29, 1.82) is 0 Å². The molecule has 28 heavy (non-hydrogen) atoms. The van der Waals surface area contributed by atoms with E-state index < -0.39 is 17.6 Å². The van der Waals surface area contributed by atoms with Crippen molar-refractivity contribution in [1.82, 2.24) is 10.4 Å². The largest absolute Gasteiger partial charge is 0.353 e. The minimum atomic E-state index is -0.961. The highest BCUT2D eigenvalue weighted by Crippen LogP contribution is 2.24. The zero-order valence-corrected chi connectivity index (χ0v) is 15.7. The number of hydrazone groups is 1. The summed E-state index contributed by atoms with van der Waals surface area (Å²) in [6.45, 7) is 0. The van der Waals surface area contributed by atoms with Gasteiger partial charge in [0.05, 0.1) is 11.9 Å². The second-order valence-corrected chi connectivity index (χ2v) is 6.66. The van der Waals surface area contributed by atoms with Gasteiger partial charge in [0.1, 0.15) is 5.82 Å². The van der Waals surface area contributed by atoms with Crippen LogP contribution in [0.4, 0.5) is 20.9 Å². The number of aromatic nitrogens is 1. The van der Waals surface area contributed by atoms with Gasteiger partial charge in [-0.25, -0.2) is 14.8 Å². The van der Waals surface area contributed by atoms with Gasteiger partial charge < -0.3 is 5.32 Å². The van der Waals surface area contributed by atoms with Crippen LogP contribution in [0.25, 0.3) is 0 Å². The number of thiazole rings is 1. The Bertz CT molecular complexity index is 1030. The topological polar surface area (TPSA) is 95.5 Å². The standard InChI is InChI=1S/C18H13ClFN5O2S/c19-12-5-6-14(23-15-4-2-1-3-13(15)20)11(9-12)10-22-25-17(27)16(26)24-18-21-7-8-28-18/h1-10,23H,(H,25,27)(H,21,24,26)/b22-10-. The summed E-state index contributed by atoms with van der Waals surface area (Å²) in [5.74, 6) is -2.28. The van der Waals surface area contributed by atoms with Crippen molar-refractivity contribution in [3.8, 4) is 0 Å². The SMILES string of the molecule is O=C(N/N=C\c1cc(Cl)ccc1Nc1ccccc1F)C(=O)Nc1nccs1. The minimum Gasteiger partial charge on any atom is -0.353 e. The number of benzene rings is 2. The van der Waals surface area contributed by atoms with Crippen LogP contribution < -0.4 is 16.1 Å². The molecule has 0 aliphatic heterocycles. The molecule has 10 heteroatoms. The normalized spacial score (nSPS) is 10.6. The molecule has 1 aromatic heterocycles.